The van der Waals surface area contributed by atoms with Crippen molar-refractivity contribution in [3.05, 3.63) is 29.6 Å². The Balaban J connectivity index is 2.92. The minimum Gasteiger partial charge on any atom is -0.469 e. The Hall–Kier alpha value is -1.69. The van der Waals surface area contributed by atoms with Crippen LogP contribution in [0.25, 0.3) is 0 Å². The van der Waals surface area contributed by atoms with E-state index in [-0.39, 0.29) is 22.9 Å². The van der Waals surface area contributed by atoms with E-state index in [1.54, 1.807) is 24.1 Å². The maximum absolute atomic E-state index is 13.6. The molecule has 0 saturated carbocycles. The van der Waals surface area contributed by atoms with Gasteiger partial charge in [0.25, 0.3) is 0 Å². The molecule has 0 aliphatic carbocycles. The molecular formula is C12H15FN2O2S. The molecule has 0 aliphatic heterocycles. The number of esters is 1. The second-order valence-corrected chi connectivity index (χ2v) is 4.19. The maximum Gasteiger partial charge on any atom is 0.307 e. The highest BCUT2D eigenvalue weighted by molar-refractivity contribution is 7.80. The molecule has 0 radical (unpaired) electrons. The van der Waals surface area contributed by atoms with E-state index < -0.39 is 5.82 Å². The zero-order valence-electron chi connectivity index (χ0n) is 10.3. The van der Waals surface area contributed by atoms with Crippen LogP contribution < -0.4 is 10.6 Å². The number of methoxy groups -OCH3 is 1. The first-order valence-electron chi connectivity index (χ1n) is 5.33. The quantitative estimate of drug-likeness (QED) is 0.648. The molecule has 6 heteroatoms. The molecule has 0 bridgehead atoms. The van der Waals surface area contributed by atoms with Crippen LogP contribution in [0.5, 0.6) is 0 Å². The first-order chi connectivity index (χ1) is 8.47. The molecule has 4 nitrogen and oxygen atoms in total. The summed E-state index contributed by atoms with van der Waals surface area (Å²) >= 11 is 4.83. The Morgan fingerprint density at radius 2 is 2.22 bits per heavy atom. The van der Waals surface area contributed by atoms with Gasteiger partial charge in [0.1, 0.15) is 10.8 Å². The number of halogens is 1. The number of hydrogen-bond acceptors (Lipinski definition) is 4. The molecule has 1 aromatic rings. The summed E-state index contributed by atoms with van der Waals surface area (Å²) in [6.07, 6.45) is 0.209. The largest absolute Gasteiger partial charge is 0.469 e. The third-order valence-electron chi connectivity index (χ3n) is 2.53. The fourth-order valence-electron chi connectivity index (χ4n) is 1.56. The lowest BCUT2D eigenvalue weighted by atomic mass is 10.1. The van der Waals surface area contributed by atoms with Crippen molar-refractivity contribution in [2.75, 3.05) is 25.6 Å². The Kier molecular flexibility index (Phi) is 5.03. The van der Waals surface area contributed by atoms with Crippen LogP contribution in [0.4, 0.5) is 10.1 Å². The average molecular weight is 270 g/mol. The van der Waals surface area contributed by atoms with Gasteiger partial charge in [0.2, 0.25) is 0 Å². The summed E-state index contributed by atoms with van der Waals surface area (Å²) in [4.78, 5) is 12.8. The Morgan fingerprint density at radius 3 is 2.78 bits per heavy atom. The standard InChI is InChI=1S/C12H15FN2O2S/c1-15(7-6-10(16)17-2)9-5-3-4-8(13)11(9)12(14)18/h3-5H,6-7H2,1-2H3,(H2,14,18). The molecule has 0 heterocycles. The summed E-state index contributed by atoms with van der Waals surface area (Å²) < 4.78 is 18.2. The van der Waals surface area contributed by atoms with Crippen LogP contribution in [0.15, 0.2) is 18.2 Å². The van der Waals surface area contributed by atoms with Gasteiger partial charge in [0.05, 0.1) is 19.1 Å². The number of nitrogens with zero attached hydrogens (tertiary/aromatic N) is 1. The SMILES string of the molecule is COC(=O)CCN(C)c1cccc(F)c1C(N)=S. The molecular weight excluding hydrogens is 255 g/mol. The Bertz CT molecular complexity index is 465. The van der Waals surface area contributed by atoms with Gasteiger partial charge in [-0.25, -0.2) is 4.39 Å². The Morgan fingerprint density at radius 1 is 1.56 bits per heavy atom. The number of carbonyl (C=O) groups is 1. The van der Waals surface area contributed by atoms with Crippen LogP contribution in [-0.4, -0.2) is 31.7 Å². The zero-order valence-corrected chi connectivity index (χ0v) is 11.1. The Labute approximate surface area is 111 Å². The van der Waals surface area contributed by atoms with Crippen molar-refractivity contribution in [1.82, 2.24) is 0 Å². The van der Waals surface area contributed by atoms with Gasteiger partial charge in [-0.1, -0.05) is 18.3 Å². The van der Waals surface area contributed by atoms with E-state index in [4.69, 9.17) is 18.0 Å². The van der Waals surface area contributed by atoms with E-state index in [1.807, 2.05) is 0 Å². The molecule has 0 saturated heterocycles. The average Bonchev–Trinajstić information content (AvgIpc) is 2.34. The third-order valence-corrected chi connectivity index (χ3v) is 2.73. The highest BCUT2D eigenvalue weighted by Crippen LogP contribution is 2.22. The molecule has 18 heavy (non-hydrogen) atoms. The van der Waals surface area contributed by atoms with E-state index in [9.17, 15) is 9.18 Å². The number of anilines is 1. The van der Waals surface area contributed by atoms with Crippen LogP contribution in [-0.2, 0) is 9.53 Å². The molecule has 0 unspecified atom stereocenters. The van der Waals surface area contributed by atoms with Gasteiger partial charge in [-0.15, -0.1) is 0 Å². The van der Waals surface area contributed by atoms with Crippen molar-refractivity contribution in [1.29, 1.82) is 0 Å². The van der Waals surface area contributed by atoms with E-state index in [2.05, 4.69) is 4.74 Å². The molecule has 0 atom stereocenters. The summed E-state index contributed by atoms with van der Waals surface area (Å²) in [5.74, 6) is -0.792. The zero-order chi connectivity index (χ0) is 13.7. The number of benzene rings is 1. The second kappa shape index (κ2) is 6.30. The van der Waals surface area contributed by atoms with Crippen molar-refractivity contribution in [2.24, 2.45) is 5.73 Å². The van der Waals surface area contributed by atoms with Crippen molar-refractivity contribution in [2.45, 2.75) is 6.42 Å². The monoisotopic (exact) mass is 270 g/mol. The van der Waals surface area contributed by atoms with Crippen LogP contribution in [0, 0.1) is 5.82 Å². The smallest absolute Gasteiger partial charge is 0.307 e. The van der Waals surface area contributed by atoms with Gasteiger partial charge < -0.3 is 15.4 Å². The van der Waals surface area contributed by atoms with Crippen LogP contribution in [0.3, 0.4) is 0 Å². The number of rotatable bonds is 5. The number of nitrogens with two attached hydrogens (primary N) is 1. The van der Waals surface area contributed by atoms with Gasteiger partial charge in [-0.05, 0) is 12.1 Å². The van der Waals surface area contributed by atoms with E-state index in [0.717, 1.165) is 0 Å². The molecule has 2 N–H and O–H groups in total. The predicted molar refractivity (Wildman–Crippen MR) is 72.2 cm³/mol. The van der Waals surface area contributed by atoms with Crippen molar-refractivity contribution >= 4 is 28.9 Å². The van der Waals surface area contributed by atoms with Crippen molar-refractivity contribution in [3.8, 4) is 0 Å². The van der Waals surface area contributed by atoms with Gasteiger partial charge in [0, 0.05) is 19.3 Å². The number of carbonyl (C=O) groups excluding carboxylic acids is 1. The van der Waals surface area contributed by atoms with Gasteiger partial charge in [-0.2, -0.15) is 0 Å². The molecule has 0 aromatic heterocycles. The van der Waals surface area contributed by atoms with Gasteiger partial charge in [-0.3, -0.25) is 4.79 Å². The van der Waals surface area contributed by atoms with E-state index in [1.165, 1.54) is 13.2 Å². The van der Waals surface area contributed by atoms with Crippen LogP contribution >= 0.6 is 12.2 Å². The fraction of sp³-hybridized carbons (Fsp3) is 0.333. The second-order valence-electron chi connectivity index (χ2n) is 3.75. The highest BCUT2D eigenvalue weighted by atomic mass is 32.1. The third kappa shape index (κ3) is 3.40. The molecule has 0 fully saturated rings. The lowest BCUT2D eigenvalue weighted by Crippen LogP contribution is -2.25. The molecule has 0 spiro atoms. The number of ether oxygens (including phenoxy) is 1. The lowest BCUT2D eigenvalue weighted by molar-refractivity contribution is -0.140. The summed E-state index contributed by atoms with van der Waals surface area (Å²) in [6.45, 7) is 0.395. The predicted octanol–water partition coefficient (Wildman–Crippen LogP) is 1.46. The number of thiocarbonyl (C=S) groups is 1. The highest BCUT2D eigenvalue weighted by Gasteiger charge is 2.15. The molecule has 1 rings (SSSR count). The molecule has 1 aromatic carbocycles. The minimum atomic E-state index is -0.468. The summed E-state index contributed by atoms with van der Waals surface area (Å²) in [5.41, 5.74) is 6.26. The van der Waals surface area contributed by atoms with Crippen LogP contribution in [0.2, 0.25) is 0 Å². The van der Waals surface area contributed by atoms with Crippen LogP contribution in [0.1, 0.15) is 12.0 Å². The van der Waals surface area contributed by atoms with E-state index >= 15 is 0 Å². The summed E-state index contributed by atoms with van der Waals surface area (Å²) in [5, 5.41) is 0. The van der Waals surface area contributed by atoms with Crippen molar-refractivity contribution < 1.29 is 13.9 Å². The van der Waals surface area contributed by atoms with Gasteiger partial charge >= 0.3 is 5.97 Å². The molecule has 98 valence electrons. The summed E-state index contributed by atoms with van der Waals surface area (Å²) in [6, 6.07) is 4.57. The van der Waals surface area contributed by atoms with Crippen molar-refractivity contribution in [3.63, 3.8) is 0 Å². The molecule has 0 amide bonds. The normalized spacial score (nSPS) is 9.94. The van der Waals surface area contributed by atoms with E-state index in [0.29, 0.717) is 12.2 Å². The lowest BCUT2D eigenvalue weighted by Gasteiger charge is -2.21. The fourth-order valence-corrected chi connectivity index (χ4v) is 1.76. The summed E-state index contributed by atoms with van der Waals surface area (Å²) in [7, 11) is 3.06. The first kappa shape index (κ1) is 14.4. The first-order valence-corrected chi connectivity index (χ1v) is 5.74. The van der Waals surface area contributed by atoms with Gasteiger partial charge in [0.15, 0.2) is 0 Å². The minimum absolute atomic E-state index is 0.00646. The molecule has 0 aliphatic rings. The topological polar surface area (TPSA) is 55.6 Å². The maximum atomic E-state index is 13.6. The number of hydrogen-bond donors (Lipinski definition) is 1.